The van der Waals surface area contributed by atoms with Crippen LogP contribution in [0.15, 0.2) is 6.20 Å². The lowest BCUT2D eigenvalue weighted by Gasteiger charge is -2.19. The number of nitrogens with zero attached hydrogens (tertiary/aromatic N) is 2. The van der Waals surface area contributed by atoms with Gasteiger partial charge in [0.1, 0.15) is 0 Å². The molecular weight excluding hydrogens is 218 g/mol. The lowest BCUT2D eigenvalue weighted by atomic mass is 10.1. The average Bonchev–Trinajstić information content (AvgIpc) is 2.71. The highest BCUT2D eigenvalue weighted by molar-refractivity contribution is 5.28. The summed E-state index contributed by atoms with van der Waals surface area (Å²) in [6.45, 7) is 2.08. The van der Waals surface area contributed by atoms with Gasteiger partial charge in [-0.3, -0.25) is 4.68 Å². The summed E-state index contributed by atoms with van der Waals surface area (Å²) in [5, 5.41) is 7.53. The molecule has 1 aromatic rings. The molecule has 2 unspecified atom stereocenters. The van der Waals surface area contributed by atoms with Crippen LogP contribution in [0.3, 0.4) is 0 Å². The van der Waals surface area contributed by atoms with Gasteiger partial charge in [-0.05, 0) is 26.8 Å². The summed E-state index contributed by atoms with van der Waals surface area (Å²) >= 11 is 0. The van der Waals surface area contributed by atoms with Crippen LogP contribution in [-0.4, -0.2) is 37.2 Å². The number of methoxy groups -OCH3 is 2. The largest absolute Gasteiger partial charge is 0.493 e. The van der Waals surface area contributed by atoms with Gasteiger partial charge in [0.25, 0.3) is 0 Å². The maximum Gasteiger partial charge on any atom is 0.161 e. The minimum atomic E-state index is 0.232. The maximum absolute atomic E-state index is 5.33. The molecular formula is C12H23N3O2. The van der Waals surface area contributed by atoms with Crippen molar-refractivity contribution in [2.75, 3.05) is 21.3 Å². The normalized spacial score (nSPS) is 14.6. The van der Waals surface area contributed by atoms with Crippen LogP contribution in [0.4, 0.5) is 0 Å². The Morgan fingerprint density at radius 1 is 1.41 bits per heavy atom. The highest BCUT2D eigenvalue weighted by Crippen LogP contribution is 2.27. The van der Waals surface area contributed by atoms with E-state index in [9.17, 15) is 0 Å². The lowest BCUT2D eigenvalue weighted by molar-refractivity contribution is 0.106. The molecule has 0 saturated heterocycles. The number of hydrogen-bond acceptors (Lipinski definition) is 4. The van der Waals surface area contributed by atoms with Gasteiger partial charge in [0.15, 0.2) is 5.75 Å². The first-order chi connectivity index (χ1) is 8.13. The van der Waals surface area contributed by atoms with E-state index in [1.54, 1.807) is 20.4 Å². The Labute approximate surface area is 103 Å². The molecule has 0 aliphatic carbocycles. The number of rotatable bonds is 7. The minimum absolute atomic E-state index is 0.232. The third-order valence-corrected chi connectivity index (χ3v) is 3.11. The van der Waals surface area contributed by atoms with E-state index in [0.29, 0.717) is 0 Å². The molecule has 0 bridgehead atoms. The van der Waals surface area contributed by atoms with Crippen molar-refractivity contribution in [1.29, 1.82) is 0 Å². The lowest BCUT2D eigenvalue weighted by Crippen LogP contribution is -2.21. The maximum atomic E-state index is 5.33. The fourth-order valence-electron chi connectivity index (χ4n) is 1.92. The monoisotopic (exact) mass is 241 g/mol. The second kappa shape index (κ2) is 6.61. The Bertz CT molecular complexity index is 338. The zero-order valence-electron chi connectivity index (χ0n) is 11.4. The molecule has 17 heavy (non-hydrogen) atoms. The van der Waals surface area contributed by atoms with E-state index in [0.717, 1.165) is 24.3 Å². The van der Waals surface area contributed by atoms with Crippen molar-refractivity contribution in [1.82, 2.24) is 15.1 Å². The first kappa shape index (κ1) is 14.0. The Morgan fingerprint density at radius 2 is 2.12 bits per heavy atom. The highest BCUT2D eigenvalue weighted by atomic mass is 16.5. The Kier molecular flexibility index (Phi) is 5.44. The SMILES string of the molecule is CNC(CCC(C)OC)c1c(OC)cnn1C. The first-order valence-electron chi connectivity index (χ1n) is 5.90. The van der Waals surface area contributed by atoms with E-state index in [1.807, 2.05) is 18.8 Å². The first-order valence-corrected chi connectivity index (χ1v) is 5.90. The Morgan fingerprint density at radius 3 is 2.65 bits per heavy atom. The number of aromatic nitrogens is 2. The predicted octanol–water partition coefficient (Wildman–Crippen LogP) is 1.50. The molecule has 0 fully saturated rings. The third-order valence-electron chi connectivity index (χ3n) is 3.11. The predicted molar refractivity (Wildman–Crippen MR) is 67.3 cm³/mol. The quantitative estimate of drug-likeness (QED) is 0.786. The molecule has 5 heteroatoms. The summed E-state index contributed by atoms with van der Waals surface area (Å²) in [6, 6.07) is 0.232. The summed E-state index contributed by atoms with van der Waals surface area (Å²) in [5.41, 5.74) is 1.08. The van der Waals surface area contributed by atoms with Gasteiger partial charge in [-0.2, -0.15) is 5.10 Å². The zero-order chi connectivity index (χ0) is 12.8. The van der Waals surface area contributed by atoms with Gasteiger partial charge >= 0.3 is 0 Å². The van der Waals surface area contributed by atoms with Gasteiger partial charge in [-0.1, -0.05) is 0 Å². The standard InChI is InChI=1S/C12H23N3O2/c1-9(16-4)6-7-10(13-2)12-11(17-5)8-14-15(12)3/h8-10,13H,6-7H2,1-5H3. The van der Waals surface area contributed by atoms with Crippen LogP contribution in [0.5, 0.6) is 5.75 Å². The molecule has 2 atom stereocenters. The number of hydrogen-bond donors (Lipinski definition) is 1. The van der Waals surface area contributed by atoms with Crippen LogP contribution >= 0.6 is 0 Å². The van der Waals surface area contributed by atoms with Crippen molar-refractivity contribution in [3.63, 3.8) is 0 Å². The van der Waals surface area contributed by atoms with Crippen LogP contribution in [0, 0.1) is 0 Å². The topological polar surface area (TPSA) is 48.3 Å². The molecule has 0 radical (unpaired) electrons. The van der Waals surface area contributed by atoms with Crippen molar-refractivity contribution in [3.8, 4) is 5.75 Å². The van der Waals surface area contributed by atoms with Crippen LogP contribution in [-0.2, 0) is 11.8 Å². The smallest absolute Gasteiger partial charge is 0.161 e. The molecule has 1 aromatic heterocycles. The molecule has 5 nitrogen and oxygen atoms in total. The van der Waals surface area contributed by atoms with Crippen molar-refractivity contribution in [3.05, 3.63) is 11.9 Å². The van der Waals surface area contributed by atoms with E-state index < -0.39 is 0 Å². The fraction of sp³-hybridized carbons (Fsp3) is 0.750. The molecule has 1 heterocycles. The van der Waals surface area contributed by atoms with Crippen LogP contribution in [0.25, 0.3) is 0 Å². The molecule has 0 aromatic carbocycles. The summed E-state index contributed by atoms with van der Waals surface area (Å²) in [5.74, 6) is 0.830. The molecule has 0 saturated carbocycles. The van der Waals surface area contributed by atoms with Crippen molar-refractivity contribution in [2.45, 2.75) is 31.9 Å². The average molecular weight is 241 g/mol. The molecule has 0 aliphatic heterocycles. The summed E-state index contributed by atoms with van der Waals surface area (Å²) < 4.78 is 12.5. The van der Waals surface area contributed by atoms with Crippen LogP contribution < -0.4 is 10.1 Å². The second-order valence-electron chi connectivity index (χ2n) is 4.19. The van der Waals surface area contributed by atoms with E-state index in [4.69, 9.17) is 9.47 Å². The molecule has 0 spiro atoms. The summed E-state index contributed by atoms with van der Waals surface area (Å²) in [4.78, 5) is 0. The van der Waals surface area contributed by atoms with E-state index in [-0.39, 0.29) is 12.1 Å². The third kappa shape index (κ3) is 3.44. The van der Waals surface area contributed by atoms with Crippen molar-refractivity contribution >= 4 is 0 Å². The Hall–Kier alpha value is -1.07. The van der Waals surface area contributed by atoms with E-state index in [2.05, 4.69) is 17.3 Å². The van der Waals surface area contributed by atoms with Gasteiger partial charge in [0.2, 0.25) is 0 Å². The van der Waals surface area contributed by atoms with Gasteiger partial charge in [-0.15, -0.1) is 0 Å². The fourth-order valence-corrected chi connectivity index (χ4v) is 1.92. The zero-order valence-corrected chi connectivity index (χ0v) is 11.4. The number of nitrogens with one attached hydrogen (secondary N) is 1. The van der Waals surface area contributed by atoms with Crippen LogP contribution in [0.1, 0.15) is 31.5 Å². The molecule has 0 aliphatic rings. The molecule has 0 amide bonds. The molecule has 98 valence electrons. The number of ether oxygens (including phenoxy) is 2. The van der Waals surface area contributed by atoms with Crippen LogP contribution in [0.2, 0.25) is 0 Å². The van der Waals surface area contributed by atoms with E-state index in [1.165, 1.54) is 0 Å². The molecule has 1 rings (SSSR count). The van der Waals surface area contributed by atoms with Gasteiger partial charge in [0.05, 0.1) is 31.1 Å². The number of aryl methyl sites for hydroxylation is 1. The van der Waals surface area contributed by atoms with Gasteiger partial charge in [0, 0.05) is 14.2 Å². The summed E-state index contributed by atoms with van der Waals surface area (Å²) in [7, 11) is 7.30. The van der Waals surface area contributed by atoms with Crippen molar-refractivity contribution < 1.29 is 9.47 Å². The van der Waals surface area contributed by atoms with Crippen molar-refractivity contribution in [2.24, 2.45) is 7.05 Å². The highest BCUT2D eigenvalue weighted by Gasteiger charge is 2.19. The summed E-state index contributed by atoms with van der Waals surface area (Å²) in [6.07, 6.45) is 4.00. The molecule has 1 N–H and O–H groups in total. The van der Waals surface area contributed by atoms with Gasteiger partial charge < -0.3 is 14.8 Å². The Balaban J connectivity index is 2.75. The van der Waals surface area contributed by atoms with E-state index >= 15 is 0 Å². The van der Waals surface area contributed by atoms with Gasteiger partial charge in [-0.25, -0.2) is 0 Å². The minimum Gasteiger partial charge on any atom is -0.493 e. The second-order valence-corrected chi connectivity index (χ2v) is 4.19.